The van der Waals surface area contributed by atoms with Crippen LogP contribution < -0.4 is 4.52 Å². The van der Waals surface area contributed by atoms with Crippen LogP contribution in [-0.4, -0.2) is 4.89 Å². The summed E-state index contributed by atoms with van der Waals surface area (Å²) in [4.78, 5) is 10.6. The summed E-state index contributed by atoms with van der Waals surface area (Å²) < 4.78 is 11.7. The molecule has 3 atom stereocenters. The smallest absolute Gasteiger partial charge is 0.416 e. The minimum Gasteiger partial charge on any atom is -0.416 e. The van der Waals surface area contributed by atoms with Crippen LogP contribution in [0.25, 0.3) is 5.57 Å². The summed E-state index contributed by atoms with van der Waals surface area (Å²) in [5.41, 5.74) is 5.27. The van der Waals surface area contributed by atoms with Gasteiger partial charge in [-0.05, 0) is 73.6 Å². The van der Waals surface area contributed by atoms with Gasteiger partial charge in [0.25, 0.3) is 0 Å². The molecule has 5 heteroatoms. The Hall–Kier alpha value is -1.09. The number of aryl methyl sites for hydroxylation is 1. The predicted octanol–water partition coefficient (Wildman–Crippen LogP) is 5.28. The maximum atomic E-state index is 10.6. The van der Waals surface area contributed by atoms with E-state index in [0.717, 1.165) is 24.4 Å². The molecule has 3 nitrogen and oxygen atoms in total. The third-order valence-electron chi connectivity index (χ3n) is 6.14. The Morgan fingerprint density at radius 2 is 1.88 bits per heavy atom. The Kier molecular flexibility index (Phi) is 3.85. The van der Waals surface area contributed by atoms with E-state index in [-0.39, 0.29) is 0 Å². The van der Waals surface area contributed by atoms with Gasteiger partial charge in [0.2, 0.25) is 0 Å². The SMILES string of the molecule is OP1(=S)OC2=C(c3c(ccc4c3CCCC4)O1)C1CCCCC1C=C2. The molecule has 1 saturated carbocycles. The largest absolute Gasteiger partial charge is 0.432 e. The summed E-state index contributed by atoms with van der Waals surface area (Å²) in [6, 6.07) is 4.16. The average molecular weight is 374 g/mol. The molecule has 1 heterocycles. The second-order valence-corrected chi connectivity index (χ2v) is 10.3. The minimum atomic E-state index is -3.31. The molecule has 1 fully saturated rings. The van der Waals surface area contributed by atoms with Crippen LogP contribution >= 0.6 is 6.72 Å². The molecule has 3 aliphatic carbocycles. The van der Waals surface area contributed by atoms with Crippen LogP contribution in [0.5, 0.6) is 5.75 Å². The number of hydrogen-bond acceptors (Lipinski definition) is 3. The van der Waals surface area contributed by atoms with Crippen LogP contribution in [0.3, 0.4) is 0 Å². The highest BCUT2D eigenvalue weighted by Gasteiger charge is 2.39. The molecule has 5 rings (SSSR count). The van der Waals surface area contributed by atoms with Gasteiger partial charge < -0.3 is 13.9 Å². The minimum absolute atomic E-state index is 0.456. The Morgan fingerprint density at radius 3 is 2.80 bits per heavy atom. The van der Waals surface area contributed by atoms with Crippen molar-refractivity contribution in [3.05, 3.63) is 46.7 Å². The molecule has 0 radical (unpaired) electrons. The third-order valence-corrected chi connectivity index (χ3v) is 7.44. The molecule has 1 N–H and O–H groups in total. The zero-order valence-corrected chi connectivity index (χ0v) is 16.0. The fraction of sp³-hybridized carbons (Fsp3) is 0.500. The molecule has 1 aromatic rings. The standard InChI is InChI=1S/C20H23O3PS/c21-24(25)22-17-11-9-13-5-1-3-7-15(13)19(17)20-16-8-4-2-6-14(16)10-12-18(20)23-24/h9-13,15H,1-8H2,(H,21,25). The van der Waals surface area contributed by atoms with Crippen molar-refractivity contribution in [1.29, 1.82) is 0 Å². The van der Waals surface area contributed by atoms with Crippen molar-refractivity contribution in [3.63, 3.8) is 0 Å². The molecule has 0 spiro atoms. The molecular formula is C20H23O3PS. The van der Waals surface area contributed by atoms with Gasteiger partial charge in [0, 0.05) is 22.9 Å². The number of rotatable bonds is 0. The van der Waals surface area contributed by atoms with Crippen LogP contribution in [0.4, 0.5) is 0 Å². The quantitative estimate of drug-likeness (QED) is 0.627. The first-order chi connectivity index (χ1) is 12.1. The van der Waals surface area contributed by atoms with Gasteiger partial charge in [-0.25, -0.2) is 0 Å². The zero-order chi connectivity index (χ0) is 17.0. The summed E-state index contributed by atoms with van der Waals surface area (Å²) in [7, 11) is 0. The number of fused-ring (bicyclic) bond motifs is 6. The molecule has 25 heavy (non-hydrogen) atoms. The molecule has 0 bridgehead atoms. The lowest BCUT2D eigenvalue weighted by Crippen LogP contribution is -2.23. The lowest BCUT2D eigenvalue weighted by atomic mass is 9.69. The van der Waals surface area contributed by atoms with E-state index in [1.54, 1.807) is 0 Å². The second-order valence-electron chi connectivity index (χ2n) is 7.63. The van der Waals surface area contributed by atoms with Crippen molar-refractivity contribution < 1.29 is 13.9 Å². The Balaban J connectivity index is 1.77. The van der Waals surface area contributed by atoms with E-state index in [4.69, 9.17) is 20.9 Å². The number of hydrogen-bond donors (Lipinski definition) is 1. The summed E-state index contributed by atoms with van der Waals surface area (Å²) in [5.74, 6) is 2.51. The molecular weight excluding hydrogens is 351 g/mol. The molecule has 0 saturated heterocycles. The molecule has 0 aromatic heterocycles. The van der Waals surface area contributed by atoms with Gasteiger partial charge in [-0.15, -0.1) is 0 Å². The summed E-state index contributed by atoms with van der Waals surface area (Å²) >= 11 is 5.28. The lowest BCUT2D eigenvalue weighted by Gasteiger charge is -2.36. The van der Waals surface area contributed by atoms with Gasteiger partial charge in [-0.3, -0.25) is 0 Å². The highest BCUT2D eigenvalue weighted by atomic mass is 32.5. The zero-order valence-electron chi connectivity index (χ0n) is 14.2. The van der Waals surface area contributed by atoms with Crippen LogP contribution in [0.15, 0.2) is 30.0 Å². The Bertz CT molecular complexity index is 842. The van der Waals surface area contributed by atoms with E-state index in [1.165, 1.54) is 60.8 Å². The van der Waals surface area contributed by atoms with Crippen LogP contribution in [-0.2, 0) is 29.2 Å². The highest BCUT2D eigenvalue weighted by Crippen LogP contribution is 2.58. The maximum absolute atomic E-state index is 10.6. The summed E-state index contributed by atoms with van der Waals surface area (Å²) in [6.45, 7) is -3.31. The molecule has 0 amide bonds. The first-order valence-corrected chi connectivity index (χ1v) is 12.0. The molecule has 1 aromatic carbocycles. The van der Waals surface area contributed by atoms with E-state index in [9.17, 15) is 4.89 Å². The van der Waals surface area contributed by atoms with E-state index in [2.05, 4.69) is 12.1 Å². The van der Waals surface area contributed by atoms with E-state index >= 15 is 0 Å². The van der Waals surface area contributed by atoms with Crippen molar-refractivity contribution in [2.45, 2.75) is 51.4 Å². The van der Waals surface area contributed by atoms with Gasteiger partial charge in [0.1, 0.15) is 11.5 Å². The van der Waals surface area contributed by atoms with Crippen molar-refractivity contribution in [2.24, 2.45) is 11.8 Å². The van der Waals surface area contributed by atoms with Crippen LogP contribution in [0.2, 0.25) is 0 Å². The van der Waals surface area contributed by atoms with Crippen molar-refractivity contribution in [1.82, 2.24) is 0 Å². The molecule has 3 unspecified atom stereocenters. The Labute approximate surface area is 154 Å². The lowest BCUT2D eigenvalue weighted by molar-refractivity contribution is 0.314. The predicted molar refractivity (Wildman–Crippen MR) is 103 cm³/mol. The second kappa shape index (κ2) is 5.97. The van der Waals surface area contributed by atoms with Crippen molar-refractivity contribution in [3.8, 4) is 5.75 Å². The molecule has 4 aliphatic rings. The van der Waals surface area contributed by atoms with E-state index in [0.29, 0.717) is 11.8 Å². The van der Waals surface area contributed by atoms with Crippen molar-refractivity contribution in [2.75, 3.05) is 0 Å². The average Bonchev–Trinajstić information content (AvgIpc) is 2.73. The van der Waals surface area contributed by atoms with Gasteiger partial charge in [-0.1, -0.05) is 25.0 Å². The van der Waals surface area contributed by atoms with E-state index in [1.807, 2.05) is 12.1 Å². The Morgan fingerprint density at radius 1 is 1.04 bits per heavy atom. The van der Waals surface area contributed by atoms with Gasteiger partial charge in [0.15, 0.2) is 0 Å². The van der Waals surface area contributed by atoms with E-state index < -0.39 is 6.72 Å². The third kappa shape index (κ3) is 2.70. The van der Waals surface area contributed by atoms with Crippen molar-refractivity contribution >= 4 is 24.1 Å². The van der Waals surface area contributed by atoms with Crippen LogP contribution in [0.1, 0.15) is 55.2 Å². The monoisotopic (exact) mass is 374 g/mol. The fourth-order valence-electron chi connectivity index (χ4n) is 5.07. The highest BCUT2D eigenvalue weighted by molar-refractivity contribution is 8.07. The topological polar surface area (TPSA) is 38.7 Å². The van der Waals surface area contributed by atoms with Gasteiger partial charge in [0.05, 0.1) is 0 Å². The fourth-order valence-corrected chi connectivity index (χ4v) is 6.39. The first kappa shape index (κ1) is 16.1. The van der Waals surface area contributed by atoms with Crippen LogP contribution in [0, 0.1) is 11.8 Å². The maximum Gasteiger partial charge on any atom is 0.432 e. The summed E-state index contributed by atoms with van der Waals surface area (Å²) in [5, 5.41) is 0. The summed E-state index contributed by atoms with van der Waals surface area (Å²) in [6.07, 6.45) is 13.9. The first-order valence-electron chi connectivity index (χ1n) is 9.42. The number of allylic oxidation sites excluding steroid dienone is 3. The van der Waals surface area contributed by atoms with Gasteiger partial charge in [-0.2, -0.15) is 0 Å². The van der Waals surface area contributed by atoms with Gasteiger partial charge >= 0.3 is 6.72 Å². The normalized spacial score (nSPS) is 33.2. The molecule has 1 aliphatic heterocycles. The number of benzene rings is 1. The molecule has 132 valence electrons.